The van der Waals surface area contributed by atoms with Crippen molar-refractivity contribution in [3.8, 4) is 11.5 Å². The second-order valence-electron chi connectivity index (χ2n) is 3.12. The topological polar surface area (TPSA) is 85.3 Å². The van der Waals surface area contributed by atoms with E-state index in [1.807, 2.05) is 0 Å². The fourth-order valence-electron chi connectivity index (χ4n) is 1.31. The van der Waals surface area contributed by atoms with Gasteiger partial charge >= 0.3 is 0 Å². The highest BCUT2D eigenvalue weighted by atomic mass is 32.2. The van der Waals surface area contributed by atoms with E-state index < -0.39 is 10.0 Å². The van der Waals surface area contributed by atoms with E-state index in [-0.39, 0.29) is 4.90 Å². The molecule has 0 atom stereocenters. The lowest BCUT2D eigenvalue weighted by Gasteiger charge is -1.97. The Bertz CT molecular complexity index is 583. The standard InChI is InChI=1S/C9H10N2O4S/c1-6-9(16(12,13)10-2)5-8(14-6)7-3-4-11-15-7/h3-5,10H,1-2H3. The molecule has 6 nitrogen and oxygen atoms in total. The molecule has 7 heteroatoms. The maximum atomic E-state index is 11.6. The van der Waals surface area contributed by atoms with Gasteiger partial charge in [-0.25, -0.2) is 13.1 Å². The van der Waals surface area contributed by atoms with E-state index in [2.05, 4.69) is 9.88 Å². The lowest BCUT2D eigenvalue weighted by molar-refractivity contribution is 0.414. The minimum absolute atomic E-state index is 0.0985. The Balaban J connectivity index is 2.52. The second-order valence-corrected chi connectivity index (χ2v) is 4.97. The summed E-state index contributed by atoms with van der Waals surface area (Å²) in [4.78, 5) is 0.0985. The van der Waals surface area contributed by atoms with E-state index in [1.165, 1.54) is 19.3 Å². The van der Waals surface area contributed by atoms with Crippen molar-refractivity contribution in [3.63, 3.8) is 0 Å². The van der Waals surface area contributed by atoms with Gasteiger partial charge in [0.25, 0.3) is 0 Å². The number of aryl methyl sites for hydroxylation is 1. The van der Waals surface area contributed by atoms with Crippen LogP contribution in [-0.2, 0) is 10.0 Å². The Kier molecular flexibility index (Phi) is 2.56. The highest BCUT2D eigenvalue weighted by Crippen LogP contribution is 2.27. The van der Waals surface area contributed by atoms with Crippen LogP contribution in [0.1, 0.15) is 5.76 Å². The summed E-state index contributed by atoms with van der Waals surface area (Å²) >= 11 is 0. The van der Waals surface area contributed by atoms with Gasteiger partial charge in [0.2, 0.25) is 15.8 Å². The van der Waals surface area contributed by atoms with Gasteiger partial charge in [-0.05, 0) is 14.0 Å². The van der Waals surface area contributed by atoms with Crippen LogP contribution in [0.5, 0.6) is 0 Å². The lowest BCUT2D eigenvalue weighted by Crippen LogP contribution is -2.18. The molecule has 0 saturated heterocycles. The van der Waals surface area contributed by atoms with Crippen LogP contribution >= 0.6 is 0 Å². The molecule has 0 aliphatic heterocycles. The first-order valence-electron chi connectivity index (χ1n) is 4.49. The highest BCUT2D eigenvalue weighted by Gasteiger charge is 2.21. The molecule has 0 aromatic carbocycles. The van der Waals surface area contributed by atoms with Crippen molar-refractivity contribution in [1.29, 1.82) is 0 Å². The third kappa shape index (κ3) is 1.74. The molecule has 2 aromatic heterocycles. The number of nitrogens with one attached hydrogen (secondary N) is 1. The normalized spacial score (nSPS) is 11.9. The maximum absolute atomic E-state index is 11.6. The van der Waals surface area contributed by atoms with Gasteiger partial charge in [-0.15, -0.1) is 0 Å². The number of rotatable bonds is 3. The van der Waals surface area contributed by atoms with Crippen LogP contribution in [0.15, 0.2) is 32.2 Å². The molecule has 0 spiro atoms. The number of aromatic nitrogens is 1. The zero-order chi connectivity index (χ0) is 11.8. The van der Waals surface area contributed by atoms with Gasteiger partial charge in [-0.1, -0.05) is 5.16 Å². The molecule has 1 N–H and O–H groups in total. The van der Waals surface area contributed by atoms with Gasteiger partial charge in [-0.3, -0.25) is 0 Å². The number of furan rings is 1. The first-order chi connectivity index (χ1) is 7.54. The van der Waals surface area contributed by atoms with Crippen molar-refractivity contribution in [2.24, 2.45) is 0 Å². The first-order valence-corrected chi connectivity index (χ1v) is 5.98. The average Bonchev–Trinajstić information content (AvgIpc) is 2.85. The van der Waals surface area contributed by atoms with Crippen molar-refractivity contribution < 1.29 is 17.4 Å². The third-order valence-electron chi connectivity index (χ3n) is 2.11. The molecule has 16 heavy (non-hydrogen) atoms. The van der Waals surface area contributed by atoms with Gasteiger partial charge < -0.3 is 8.94 Å². The van der Waals surface area contributed by atoms with Crippen LogP contribution in [0.4, 0.5) is 0 Å². The van der Waals surface area contributed by atoms with E-state index >= 15 is 0 Å². The van der Waals surface area contributed by atoms with Gasteiger partial charge in [0, 0.05) is 12.1 Å². The van der Waals surface area contributed by atoms with Gasteiger partial charge in [-0.2, -0.15) is 0 Å². The Morgan fingerprint density at radius 3 is 2.69 bits per heavy atom. The number of nitrogens with zero attached hydrogens (tertiary/aromatic N) is 1. The largest absolute Gasteiger partial charge is 0.457 e. The molecular formula is C9H10N2O4S. The van der Waals surface area contributed by atoms with E-state index in [4.69, 9.17) is 8.94 Å². The zero-order valence-corrected chi connectivity index (χ0v) is 9.54. The molecule has 0 fully saturated rings. The predicted molar refractivity (Wildman–Crippen MR) is 55.2 cm³/mol. The Labute approximate surface area is 92.3 Å². The fraction of sp³-hybridized carbons (Fsp3) is 0.222. The quantitative estimate of drug-likeness (QED) is 0.872. The summed E-state index contributed by atoms with van der Waals surface area (Å²) < 4.78 is 35.6. The fourth-order valence-corrected chi connectivity index (χ4v) is 2.21. The SMILES string of the molecule is CNS(=O)(=O)c1cc(-c2ccno2)oc1C. The monoisotopic (exact) mass is 242 g/mol. The van der Waals surface area contributed by atoms with Crippen molar-refractivity contribution in [2.75, 3.05) is 7.05 Å². The summed E-state index contributed by atoms with van der Waals surface area (Å²) in [5, 5.41) is 3.52. The summed E-state index contributed by atoms with van der Waals surface area (Å²) in [6.45, 7) is 1.57. The number of hydrogen-bond donors (Lipinski definition) is 1. The number of sulfonamides is 1. The average molecular weight is 242 g/mol. The Morgan fingerprint density at radius 1 is 1.38 bits per heavy atom. The second kappa shape index (κ2) is 3.76. The van der Waals surface area contributed by atoms with Crippen LogP contribution in [0.25, 0.3) is 11.5 Å². The molecule has 86 valence electrons. The van der Waals surface area contributed by atoms with Crippen molar-refractivity contribution >= 4 is 10.0 Å². The van der Waals surface area contributed by atoms with Crippen LogP contribution < -0.4 is 4.72 Å². The van der Waals surface area contributed by atoms with E-state index in [0.29, 0.717) is 17.3 Å². The van der Waals surface area contributed by atoms with Crippen LogP contribution in [0, 0.1) is 6.92 Å². The molecule has 0 unspecified atom stereocenters. The van der Waals surface area contributed by atoms with Crippen molar-refractivity contribution in [1.82, 2.24) is 9.88 Å². The number of hydrogen-bond acceptors (Lipinski definition) is 5. The smallest absolute Gasteiger partial charge is 0.243 e. The van der Waals surface area contributed by atoms with Gasteiger partial charge in [0.1, 0.15) is 10.7 Å². The van der Waals surface area contributed by atoms with Crippen molar-refractivity contribution in [3.05, 3.63) is 24.1 Å². The molecular weight excluding hydrogens is 232 g/mol. The summed E-state index contributed by atoms with van der Waals surface area (Å²) in [5.41, 5.74) is 0. The van der Waals surface area contributed by atoms with Crippen LogP contribution in [0.3, 0.4) is 0 Å². The summed E-state index contributed by atoms with van der Waals surface area (Å²) in [7, 11) is -2.16. The van der Waals surface area contributed by atoms with E-state index in [9.17, 15) is 8.42 Å². The lowest BCUT2D eigenvalue weighted by atomic mass is 10.3. The molecule has 0 aliphatic rings. The summed E-state index contributed by atoms with van der Waals surface area (Å²) in [6.07, 6.45) is 1.46. The van der Waals surface area contributed by atoms with Crippen LogP contribution in [-0.4, -0.2) is 20.6 Å². The van der Waals surface area contributed by atoms with Gasteiger partial charge in [0.15, 0.2) is 5.76 Å². The molecule has 0 saturated carbocycles. The highest BCUT2D eigenvalue weighted by molar-refractivity contribution is 7.89. The predicted octanol–water partition coefficient (Wildman–Crippen LogP) is 1.15. The van der Waals surface area contributed by atoms with Gasteiger partial charge in [0.05, 0.1) is 6.20 Å². The molecule has 2 aromatic rings. The molecule has 0 amide bonds. The molecule has 0 aliphatic carbocycles. The zero-order valence-electron chi connectivity index (χ0n) is 8.72. The van der Waals surface area contributed by atoms with Crippen molar-refractivity contribution in [2.45, 2.75) is 11.8 Å². The minimum Gasteiger partial charge on any atom is -0.457 e. The summed E-state index contributed by atoms with van der Waals surface area (Å²) in [6, 6.07) is 3.00. The molecule has 0 bridgehead atoms. The van der Waals surface area contributed by atoms with Crippen LogP contribution in [0.2, 0.25) is 0 Å². The van der Waals surface area contributed by atoms with E-state index in [1.54, 1.807) is 13.0 Å². The first kappa shape index (κ1) is 10.9. The maximum Gasteiger partial charge on any atom is 0.243 e. The third-order valence-corrected chi connectivity index (χ3v) is 3.63. The summed E-state index contributed by atoms with van der Waals surface area (Å²) in [5.74, 6) is 1.03. The Morgan fingerprint density at radius 2 is 2.12 bits per heavy atom. The minimum atomic E-state index is -3.50. The van der Waals surface area contributed by atoms with E-state index in [0.717, 1.165) is 0 Å². The molecule has 2 heterocycles. The molecule has 0 radical (unpaired) electrons. The molecule has 2 rings (SSSR count). The Hall–Kier alpha value is -1.60.